The van der Waals surface area contributed by atoms with E-state index in [1.807, 2.05) is 0 Å². The number of halogens is 3. The number of alkyl halides is 3. The van der Waals surface area contributed by atoms with E-state index in [-0.39, 0.29) is 18.0 Å². The van der Waals surface area contributed by atoms with E-state index in [0.29, 0.717) is 19.1 Å². The standard InChI is InChI=1S/C19H24F3N3O2/c20-19(21,22)15-5-3-14(4-6-15)18(27)24-12-17(26)25-9-7-16(8-10-25)23-11-13-1-2-13/h3-6,13,16,23H,1-2,7-12H2,(H,24,27). The molecule has 0 spiro atoms. The summed E-state index contributed by atoms with van der Waals surface area (Å²) in [5.74, 6) is 0.0963. The molecule has 27 heavy (non-hydrogen) atoms. The van der Waals surface area contributed by atoms with Gasteiger partial charge in [0.05, 0.1) is 12.1 Å². The van der Waals surface area contributed by atoms with Crippen LogP contribution in [-0.4, -0.2) is 48.9 Å². The summed E-state index contributed by atoms with van der Waals surface area (Å²) < 4.78 is 37.6. The highest BCUT2D eigenvalue weighted by molar-refractivity contribution is 5.96. The minimum Gasteiger partial charge on any atom is -0.343 e. The molecule has 0 bridgehead atoms. The Kier molecular flexibility index (Phi) is 6.04. The van der Waals surface area contributed by atoms with Gasteiger partial charge in [-0.25, -0.2) is 0 Å². The Morgan fingerprint density at radius 1 is 1.04 bits per heavy atom. The maximum absolute atomic E-state index is 12.5. The largest absolute Gasteiger partial charge is 0.416 e. The van der Waals surface area contributed by atoms with E-state index in [0.717, 1.165) is 49.6 Å². The molecule has 1 aromatic rings. The molecule has 2 amide bonds. The van der Waals surface area contributed by atoms with Crippen molar-refractivity contribution in [3.8, 4) is 0 Å². The van der Waals surface area contributed by atoms with Crippen molar-refractivity contribution < 1.29 is 22.8 Å². The number of amides is 2. The Morgan fingerprint density at radius 3 is 2.22 bits per heavy atom. The van der Waals surface area contributed by atoms with Gasteiger partial charge < -0.3 is 15.5 Å². The number of hydrogen-bond donors (Lipinski definition) is 2. The van der Waals surface area contributed by atoms with Crippen LogP contribution in [0.25, 0.3) is 0 Å². The van der Waals surface area contributed by atoms with Crippen LogP contribution < -0.4 is 10.6 Å². The Morgan fingerprint density at radius 2 is 1.67 bits per heavy atom. The van der Waals surface area contributed by atoms with Crippen LogP contribution in [0.15, 0.2) is 24.3 Å². The lowest BCUT2D eigenvalue weighted by Gasteiger charge is -2.32. The quantitative estimate of drug-likeness (QED) is 0.793. The van der Waals surface area contributed by atoms with Crippen LogP contribution in [0.1, 0.15) is 41.6 Å². The summed E-state index contributed by atoms with van der Waals surface area (Å²) in [6, 6.07) is 4.38. The van der Waals surface area contributed by atoms with Crippen LogP contribution in [0.4, 0.5) is 13.2 Å². The van der Waals surface area contributed by atoms with Gasteiger partial charge in [-0.1, -0.05) is 0 Å². The Labute approximate surface area is 156 Å². The maximum atomic E-state index is 12.5. The van der Waals surface area contributed by atoms with Gasteiger partial charge in [0.15, 0.2) is 0 Å². The molecule has 2 fully saturated rings. The van der Waals surface area contributed by atoms with Crippen LogP contribution in [0.2, 0.25) is 0 Å². The number of likely N-dealkylation sites (tertiary alicyclic amines) is 1. The lowest BCUT2D eigenvalue weighted by atomic mass is 10.0. The molecular formula is C19H24F3N3O2. The molecule has 1 aliphatic carbocycles. The van der Waals surface area contributed by atoms with Gasteiger partial charge in [0.25, 0.3) is 5.91 Å². The van der Waals surface area contributed by atoms with E-state index >= 15 is 0 Å². The molecule has 1 heterocycles. The molecule has 148 valence electrons. The molecule has 8 heteroatoms. The lowest BCUT2D eigenvalue weighted by Crippen LogP contribution is -2.48. The summed E-state index contributed by atoms with van der Waals surface area (Å²) in [4.78, 5) is 26.0. The highest BCUT2D eigenvalue weighted by atomic mass is 19.4. The topological polar surface area (TPSA) is 61.4 Å². The van der Waals surface area contributed by atoms with Gasteiger partial charge in [-0.2, -0.15) is 13.2 Å². The SMILES string of the molecule is O=C(NCC(=O)N1CCC(NCC2CC2)CC1)c1ccc(C(F)(F)F)cc1. The third-order valence-electron chi connectivity index (χ3n) is 5.11. The molecule has 1 aliphatic heterocycles. The summed E-state index contributed by atoms with van der Waals surface area (Å²) in [5, 5.41) is 6.03. The second-order valence-corrected chi connectivity index (χ2v) is 7.26. The lowest BCUT2D eigenvalue weighted by molar-refractivity contribution is -0.137. The summed E-state index contributed by atoms with van der Waals surface area (Å²) in [6.07, 6.45) is -0.0346. The summed E-state index contributed by atoms with van der Waals surface area (Å²) in [7, 11) is 0. The minimum atomic E-state index is -4.44. The van der Waals surface area contributed by atoms with Crippen LogP contribution >= 0.6 is 0 Å². The monoisotopic (exact) mass is 383 g/mol. The molecule has 2 N–H and O–H groups in total. The molecule has 0 radical (unpaired) electrons. The second-order valence-electron chi connectivity index (χ2n) is 7.26. The van der Waals surface area contributed by atoms with Gasteiger partial charge in [-0.3, -0.25) is 9.59 Å². The zero-order valence-corrected chi connectivity index (χ0v) is 15.0. The van der Waals surface area contributed by atoms with Gasteiger partial charge in [0.2, 0.25) is 5.91 Å². The number of carbonyl (C=O) groups excluding carboxylic acids is 2. The fourth-order valence-corrected chi connectivity index (χ4v) is 3.17. The first-order valence-corrected chi connectivity index (χ1v) is 9.29. The van der Waals surface area contributed by atoms with E-state index in [1.165, 1.54) is 12.8 Å². The predicted molar refractivity (Wildman–Crippen MR) is 94.1 cm³/mol. The zero-order chi connectivity index (χ0) is 19.4. The molecule has 1 saturated carbocycles. The van der Waals surface area contributed by atoms with Crippen molar-refractivity contribution in [2.24, 2.45) is 5.92 Å². The average Bonchev–Trinajstić information content (AvgIpc) is 3.48. The highest BCUT2D eigenvalue weighted by Crippen LogP contribution is 2.29. The molecule has 0 aromatic heterocycles. The summed E-state index contributed by atoms with van der Waals surface area (Å²) in [5.41, 5.74) is -0.716. The van der Waals surface area contributed by atoms with Crippen LogP contribution in [0.5, 0.6) is 0 Å². The Hall–Kier alpha value is -2.09. The van der Waals surface area contributed by atoms with Crippen LogP contribution in [-0.2, 0) is 11.0 Å². The molecule has 1 aromatic carbocycles. The highest BCUT2D eigenvalue weighted by Gasteiger charge is 2.30. The molecule has 5 nitrogen and oxygen atoms in total. The van der Waals surface area contributed by atoms with Crippen molar-refractivity contribution in [1.82, 2.24) is 15.5 Å². The van der Waals surface area contributed by atoms with Crippen LogP contribution in [0.3, 0.4) is 0 Å². The number of rotatable bonds is 6. The fraction of sp³-hybridized carbons (Fsp3) is 0.579. The number of nitrogens with zero attached hydrogens (tertiary/aromatic N) is 1. The van der Waals surface area contributed by atoms with Crippen LogP contribution in [0, 0.1) is 5.92 Å². The smallest absolute Gasteiger partial charge is 0.343 e. The van der Waals surface area contributed by atoms with Gasteiger partial charge >= 0.3 is 6.18 Å². The number of carbonyl (C=O) groups is 2. The summed E-state index contributed by atoms with van der Waals surface area (Å²) in [6.45, 7) is 2.20. The van der Waals surface area contributed by atoms with E-state index in [2.05, 4.69) is 10.6 Å². The maximum Gasteiger partial charge on any atom is 0.416 e. The minimum absolute atomic E-state index is 0.0961. The van der Waals surface area contributed by atoms with Gasteiger partial charge in [0, 0.05) is 24.7 Å². The van der Waals surface area contributed by atoms with Crippen molar-refractivity contribution in [1.29, 1.82) is 0 Å². The first-order valence-electron chi connectivity index (χ1n) is 9.29. The number of hydrogen-bond acceptors (Lipinski definition) is 3. The predicted octanol–water partition coefficient (Wildman–Crippen LogP) is 2.43. The first-order chi connectivity index (χ1) is 12.8. The number of benzene rings is 1. The Balaban J connectivity index is 1.40. The van der Waals surface area contributed by atoms with E-state index in [4.69, 9.17) is 0 Å². The van der Waals surface area contributed by atoms with Gasteiger partial charge in [0.1, 0.15) is 0 Å². The first kappa shape index (κ1) is 19.7. The third kappa shape index (κ3) is 5.69. The van der Waals surface area contributed by atoms with Crippen molar-refractivity contribution >= 4 is 11.8 Å². The van der Waals surface area contributed by atoms with Crippen molar-refractivity contribution in [3.63, 3.8) is 0 Å². The molecular weight excluding hydrogens is 359 g/mol. The fourth-order valence-electron chi connectivity index (χ4n) is 3.17. The molecule has 0 unspecified atom stereocenters. The molecule has 1 saturated heterocycles. The normalized spacial score (nSPS) is 18.4. The average molecular weight is 383 g/mol. The number of piperidine rings is 1. The van der Waals surface area contributed by atoms with E-state index in [1.54, 1.807) is 4.90 Å². The molecule has 2 aliphatic rings. The Bertz CT molecular complexity index is 664. The van der Waals surface area contributed by atoms with Crippen molar-refractivity contribution in [3.05, 3.63) is 35.4 Å². The van der Waals surface area contributed by atoms with E-state index in [9.17, 15) is 22.8 Å². The third-order valence-corrected chi connectivity index (χ3v) is 5.11. The zero-order valence-electron chi connectivity index (χ0n) is 15.0. The molecule has 3 rings (SSSR count). The van der Waals surface area contributed by atoms with E-state index < -0.39 is 17.6 Å². The summed E-state index contributed by atoms with van der Waals surface area (Å²) >= 11 is 0. The number of nitrogens with one attached hydrogen (secondary N) is 2. The van der Waals surface area contributed by atoms with Gasteiger partial charge in [-0.05, 0) is 62.4 Å². The van der Waals surface area contributed by atoms with Gasteiger partial charge in [-0.15, -0.1) is 0 Å². The van der Waals surface area contributed by atoms with Crippen molar-refractivity contribution in [2.45, 2.75) is 37.9 Å². The van der Waals surface area contributed by atoms with Crippen molar-refractivity contribution in [2.75, 3.05) is 26.2 Å². The molecule has 0 atom stereocenters. The second kappa shape index (κ2) is 8.29.